The number of hydrogen-bond donors (Lipinski definition) is 0. The Bertz CT molecular complexity index is 919. The molecular weight excluding hydrogens is 352 g/mol. The number of rotatable bonds is 4. The van der Waals surface area contributed by atoms with Crippen LogP contribution >= 0.6 is 11.3 Å². The van der Waals surface area contributed by atoms with E-state index in [1.807, 2.05) is 52.9 Å². The first-order valence-corrected chi connectivity index (χ1v) is 10.2. The molecule has 0 saturated carbocycles. The van der Waals surface area contributed by atoms with Crippen molar-refractivity contribution in [2.45, 2.75) is 18.8 Å². The van der Waals surface area contributed by atoms with E-state index >= 15 is 0 Å². The molecule has 1 unspecified atom stereocenters. The van der Waals surface area contributed by atoms with E-state index in [2.05, 4.69) is 29.2 Å². The minimum atomic E-state index is 0.0846. The van der Waals surface area contributed by atoms with Crippen molar-refractivity contribution in [2.75, 3.05) is 13.1 Å². The van der Waals surface area contributed by atoms with Crippen LogP contribution in [0.3, 0.4) is 0 Å². The molecular formula is C23H22N2OS. The third kappa shape index (κ3) is 4.34. The van der Waals surface area contributed by atoms with Crippen molar-refractivity contribution < 1.29 is 4.79 Å². The second-order valence-electron chi connectivity index (χ2n) is 6.82. The molecule has 1 fully saturated rings. The summed E-state index contributed by atoms with van der Waals surface area (Å²) < 4.78 is 0. The van der Waals surface area contributed by atoms with Gasteiger partial charge in [0.1, 0.15) is 0 Å². The zero-order chi connectivity index (χ0) is 18.5. The summed E-state index contributed by atoms with van der Waals surface area (Å²) in [6.07, 6.45) is 7.62. The first kappa shape index (κ1) is 17.7. The summed E-state index contributed by atoms with van der Waals surface area (Å²) in [7, 11) is 0. The first-order chi connectivity index (χ1) is 13.3. The lowest BCUT2D eigenvalue weighted by Crippen LogP contribution is -2.38. The molecule has 1 amide bonds. The molecule has 3 aromatic rings. The van der Waals surface area contributed by atoms with Gasteiger partial charge in [0.2, 0.25) is 5.91 Å². The molecule has 2 heterocycles. The predicted octanol–water partition coefficient (Wildman–Crippen LogP) is 5.23. The minimum absolute atomic E-state index is 0.0846. The molecule has 136 valence electrons. The van der Waals surface area contributed by atoms with Gasteiger partial charge in [0.15, 0.2) is 0 Å². The Morgan fingerprint density at radius 1 is 1.11 bits per heavy atom. The fraction of sp³-hybridized carbons (Fsp3) is 0.217. The largest absolute Gasteiger partial charge is 0.338 e. The number of carbonyl (C=O) groups is 1. The van der Waals surface area contributed by atoms with Crippen molar-refractivity contribution in [3.63, 3.8) is 0 Å². The van der Waals surface area contributed by atoms with Gasteiger partial charge in [-0.2, -0.15) is 0 Å². The Kier molecular flexibility index (Phi) is 5.45. The van der Waals surface area contributed by atoms with Crippen LogP contribution in [-0.2, 0) is 4.79 Å². The van der Waals surface area contributed by atoms with Crippen LogP contribution in [0.5, 0.6) is 0 Å². The van der Waals surface area contributed by atoms with Crippen LogP contribution in [0.2, 0.25) is 0 Å². The van der Waals surface area contributed by atoms with Gasteiger partial charge in [0.05, 0.1) is 5.01 Å². The Morgan fingerprint density at radius 3 is 2.78 bits per heavy atom. The number of amides is 1. The maximum atomic E-state index is 12.7. The molecule has 4 heteroatoms. The molecule has 1 atom stereocenters. The Labute approximate surface area is 164 Å². The molecule has 0 bridgehead atoms. The maximum Gasteiger partial charge on any atom is 0.246 e. The van der Waals surface area contributed by atoms with Crippen LogP contribution in [0.25, 0.3) is 17.2 Å². The van der Waals surface area contributed by atoms with Crippen LogP contribution in [-0.4, -0.2) is 28.9 Å². The normalized spacial score (nSPS) is 17.3. The van der Waals surface area contributed by atoms with Gasteiger partial charge in [0, 0.05) is 36.7 Å². The maximum absolute atomic E-state index is 12.7. The standard InChI is InChI=1S/C23H22N2OS/c26-22(25-14-5-10-21(17-25)23-24-13-15-27-23)12-11-18-6-4-9-20(16-18)19-7-2-1-3-8-19/h1-4,6-9,11-13,15-16,21H,5,10,14,17H2/b12-11+. The van der Waals surface area contributed by atoms with E-state index in [1.54, 1.807) is 17.4 Å². The SMILES string of the molecule is O=C(/C=C/c1cccc(-c2ccccc2)c1)N1CCCC(c2nccs2)C1. The van der Waals surface area contributed by atoms with Gasteiger partial charge in [-0.25, -0.2) is 4.98 Å². The fourth-order valence-corrected chi connectivity index (χ4v) is 4.31. The zero-order valence-corrected chi connectivity index (χ0v) is 15.9. The fourth-order valence-electron chi connectivity index (χ4n) is 3.54. The number of thiazole rings is 1. The van der Waals surface area contributed by atoms with Crippen molar-refractivity contribution >= 4 is 23.3 Å². The molecule has 27 heavy (non-hydrogen) atoms. The smallest absolute Gasteiger partial charge is 0.246 e. The highest BCUT2D eigenvalue weighted by Gasteiger charge is 2.25. The predicted molar refractivity (Wildman–Crippen MR) is 112 cm³/mol. The third-order valence-electron chi connectivity index (χ3n) is 4.95. The molecule has 4 rings (SSSR count). The number of likely N-dealkylation sites (tertiary alicyclic amines) is 1. The van der Waals surface area contributed by atoms with E-state index in [0.717, 1.165) is 42.1 Å². The second-order valence-corrected chi connectivity index (χ2v) is 7.74. The first-order valence-electron chi connectivity index (χ1n) is 9.31. The van der Waals surface area contributed by atoms with Gasteiger partial charge in [-0.15, -0.1) is 11.3 Å². The molecule has 0 spiro atoms. The van der Waals surface area contributed by atoms with E-state index < -0.39 is 0 Å². The summed E-state index contributed by atoms with van der Waals surface area (Å²) >= 11 is 1.69. The van der Waals surface area contributed by atoms with Crippen LogP contribution in [0.1, 0.15) is 29.3 Å². The quantitative estimate of drug-likeness (QED) is 0.586. The third-order valence-corrected chi connectivity index (χ3v) is 5.88. The summed E-state index contributed by atoms with van der Waals surface area (Å²) in [5.41, 5.74) is 3.38. The van der Waals surface area contributed by atoms with Crippen molar-refractivity contribution in [3.05, 3.63) is 82.8 Å². The molecule has 3 nitrogen and oxygen atoms in total. The lowest BCUT2D eigenvalue weighted by molar-refractivity contribution is -0.127. The Balaban J connectivity index is 1.44. The van der Waals surface area contributed by atoms with Gasteiger partial charge in [-0.05, 0) is 41.7 Å². The van der Waals surface area contributed by atoms with Crippen molar-refractivity contribution in [2.24, 2.45) is 0 Å². The van der Waals surface area contributed by atoms with E-state index in [1.165, 1.54) is 5.56 Å². The van der Waals surface area contributed by atoms with E-state index in [0.29, 0.717) is 5.92 Å². The highest BCUT2D eigenvalue weighted by atomic mass is 32.1. The lowest BCUT2D eigenvalue weighted by atomic mass is 9.98. The summed E-state index contributed by atoms with van der Waals surface area (Å²) in [6.45, 7) is 1.59. The Hall–Kier alpha value is -2.72. The summed E-state index contributed by atoms with van der Waals surface area (Å²) in [5.74, 6) is 0.457. The van der Waals surface area contributed by atoms with Crippen molar-refractivity contribution in [1.29, 1.82) is 0 Å². The highest BCUT2D eigenvalue weighted by molar-refractivity contribution is 7.09. The van der Waals surface area contributed by atoms with Crippen LogP contribution in [0.4, 0.5) is 0 Å². The monoisotopic (exact) mass is 374 g/mol. The minimum Gasteiger partial charge on any atom is -0.338 e. The molecule has 1 aliphatic rings. The number of carbonyl (C=O) groups excluding carboxylic acids is 1. The van der Waals surface area contributed by atoms with Crippen LogP contribution in [0, 0.1) is 0 Å². The average molecular weight is 375 g/mol. The number of hydrogen-bond acceptors (Lipinski definition) is 3. The average Bonchev–Trinajstić information content (AvgIpc) is 3.28. The van der Waals surface area contributed by atoms with Crippen LogP contribution < -0.4 is 0 Å². The van der Waals surface area contributed by atoms with Gasteiger partial charge in [-0.1, -0.05) is 48.5 Å². The highest BCUT2D eigenvalue weighted by Crippen LogP contribution is 2.28. The topological polar surface area (TPSA) is 33.2 Å². The number of benzene rings is 2. The van der Waals surface area contributed by atoms with E-state index in [9.17, 15) is 4.79 Å². The number of piperidine rings is 1. The van der Waals surface area contributed by atoms with Crippen molar-refractivity contribution in [1.82, 2.24) is 9.88 Å². The van der Waals surface area contributed by atoms with Crippen molar-refractivity contribution in [3.8, 4) is 11.1 Å². The van der Waals surface area contributed by atoms with Gasteiger partial charge in [-0.3, -0.25) is 4.79 Å². The molecule has 1 aliphatic heterocycles. The van der Waals surface area contributed by atoms with E-state index in [-0.39, 0.29) is 5.91 Å². The number of aromatic nitrogens is 1. The zero-order valence-electron chi connectivity index (χ0n) is 15.1. The van der Waals surface area contributed by atoms with Gasteiger partial charge < -0.3 is 4.90 Å². The van der Waals surface area contributed by atoms with Gasteiger partial charge in [0.25, 0.3) is 0 Å². The van der Waals surface area contributed by atoms with E-state index in [4.69, 9.17) is 0 Å². The Morgan fingerprint density at radius 2 is 1.96 bits per heavy atom. The summed E-state index contributed by atoms with van der Waals surface area (Å²) in [5, 5.41) is 3.16. The summed E-state index contributed by atoms with van der Waals surface area (Å²) in [6, 6.07) is 18.6. The van der Waals surface area contributed by atoms with Crippen LogP contribution in [0.15, 0.2) is 72.3 Å². The molecule has 1 aromatic heterocycles. The second kappa shape index (κ2) is 8.31. The van der Waals surface area contributed by atoms with Gasteiger partial charge >= 0.3 is 0 Å². The molecule has 0 aliphatic carbocycles. The lowest BCUT2D eigenvalue weighted by Gasteiger charge is -2.31. The molecule has 0 radical (unpaired) electrons. The number of nitrogens with zero attached hydrogens (tertiary/aromatic N) is 2. The summed E-state index contributed by atoms with van der Waals surface area (Å²) in [4.78, 5) is 19.0. The molecule has 2 aromatic carbocycles. The molecule has 1 saturated heterocycles. The molecule has 0 N–H and O–H groups in total.